The zero-order valence-electron chi connectivity index (χ0n) is 16.2. The molecule has 0 nitrogen and oxygen atoms in total. The normalized spacial score (nSPS) is 11.5. The molecule has 0 unspecified atom stereocenters. The van der Waals surface area contributed by atoms with Crippen LogP contribution in [0.3, 0.4) is 0 Å². The third-order valence-corrected chi connectivity index (χ3v) is 5.65. The van der Waals surface area contributed by atoms with Gasteiger partial charge in [-0.05, 0) is 92.7 Å². The van der Waals surface area contributed by atoms with E-state index in [-0.39, 0.29) is 0 Å². The first-order valence-electron chi connectivity index (χ1n) is 9.45. The maximum absolute atomic E-state index is 12.7. The summed E-state index contributed by atoms with van der Waals surface area (Å²) in [5.41, 5.74) is 6.78. The monoisotopic (exact) mass is 514 g/mol. The number of aryl methyl sites for hydroxylation is 1. The van der Waals surface area contributed by atoms with E-state index in [1.165, 1.54) is 32.4 Å². The van der Waals surface area contributed by atoms with Gasteiger partial charge in [-0.25, -0.2) is 0 Å². The Morgan fingerprint density at radius 2 is 0.900 bits per heavy atom. The second kappa shape index (κ2) is 8.26. The fourth-order valence-electron chi connectivity index (χ4n) is 3.46. The van der Waals surface area contributed by atoms with E-state index in [0.717, 1.165) is 34.4 Å². The summed E-state index contributed by atoms with van der Waals surface area (Å²) >= 11 is 2.33. The van der Waals surface area contributed by atoms with Crippen LogP contribution in [0, 0.1) is 10.5 Å². The van der Waals surface area contributed by atoms with Crippen molar-refractivity contribution in [1.82, 2.24) is 0 Å². The molecule has 0 heterocycles. The minimum atomic E-state index is -4.31. The molecule has 0 aliphatic rings. The standard InChI is InChI=1S/C26H18F3I/c1-17-14-23(16-25(30)15-17)22-8-6-19(7-9-22)18-2-4-20(5-3-18)21-10-12-24(13-11-21)26(27,28)29/h2-16H,1H3. The molecular formula is C26H18F3I. The van der Waals surface area contributed by atoms with Crippen LogP contribution in [0.25, 0.3) is 33.4 Å². The highest BCUT2D eigenvalue weighted by Gasteiger charge is 2.29. The summed E-state index contributed by atoms with van der Waals surface area (Å²) in [5, 5.41) is 0. The quantitative estimate of drug-likeness (QED) is 0.240. The van der Waals surface area contributed by atoms with Crippen molar-refractivity contribution < 1.29 is 13.2 Å². The number of benzene rings is 4. The van der Waals surface area contributed by atoms with E-state index >= 15 is 0 Å². The van der Waals surface area contributed by atoms with Crippen molar-refractivity contribution >= 4 is 22.6 Å². The van der Waals surface area contributed by atoms with Crippen molar-refractivity contribution in [3.63, 3.8) is 0 Å². The second-order valence-corrected chi connectivity index (χ2v) is 8.49. The third kappa shape index (κ3) is 4.59. The second-order valence-electron chi connectivity index (χ2n) is 7.25. The van der Waals surface area contributed by atoms with E-state index in [1.54, 1.807) is 0 Å². The Morgan fingerprint density at radius 1 is 0.533 bits per heavy atom. The minimum Gasteiger partial charge on any atom is -0.166 e. The highest BCUT2D eigenvalue weighted by atomic mass is 127. The average Bonchev–Trinajstić information content (AvgIpc) is 2.73. The summed E-state index contributed by atoms with van der Waals surface area (Å²) in [6.07, 6.45) is -4.31. The fourth-order valence-corrected chi connectivity index (χ4v) is 4.29. The smallest absolute Gasteiger partial charge is 0.166 e. The lowest BCUT2D eigenvalue weighted by molar-refractivity contribution is -0.137. The van der Waals surface area contributed by atoms with Crippen molar-refractivity contribution in [1.29, 1.82) is 0 Å². The van der Waals surface area contributed by atoms with Gasteiger partial charge in [0.15, 0.2) is 0 Å². The van der Waals surface area contributed by atoms with Gasteiger partial charge in [-0.1, -0.05) is 66.7 Å². The molecule has 4 aromatic carbocycles. The van der Waals surface area contributed by atoms with Gasteiger partial charge in [0.25, 0.3) is 0 Å². The van der Waals surface area contributed by atoms with Crippen LogP contribution in [0.1, 0.15) is 11.1 Å². The first kappa shape index (κ1) is 20.7. The summed E-state index contributed by atoms with van der Waals surface area (Å²) < 4.78 is 39.4. The molecule has 0 bridgehead atoms. The minimum absolute atomic E-state index is 0.633. The zero-order chi connectivity index (χ0) is 21.3. The van der Waals surface area contributed by atoms with Crippen LogP contribution in [0.2, 0.25) is 0 Å². The molecule has 4 aromatic rings. The van der Waals surface area contributed by atoms with Crippen LogP contribution < -0.4 is 0 Å². The predicted molar refractivity (Wildman–Crippen MR) is 125 cm³/mol. The topological polar surface area (TPSA) is 0 Å². The van der Waals surface area contributed by atoms with Crippen molar-refractivity contribution in [2.45, 2.75) is 13.1 Å². The molecule has 0 radical (unpaired) electrons. The Kier molecular flexibility index (Phi) is 5.69. The molecular weight excluding hydrogens is 496 g/mol. The van der Waals surface area contributed by atoms with E-state index < -0.39 is 11.7 Å². The molecule has 0 saturated heterocycles. The Labute approximate surface area is 187 Å². The van der Waals surface area contributed by atoms with Crippen molar-refractivity contribution in [2.75, 3.05) is 0 Å². The van der Waals surface area contributed by atoms with Crippen molar-refractivity contribution in [3.8, 4) is 33.4 Å². The van der Waals surface area contributed by atoms with Gasteiger partial charge >= 0.3 is 6.18 Å². The third-order valence-electron chi connectivity index (χ3n) is 5.02. The van der Waals surface area contributed by atoms with Gasteiger partial charge < -0.3 is 0 Å². The van der Waals surface area contributed by atoms with Gasteiger partial charge in [0.1, 0.15) is 0 Å². The fraction of sp³-hybridized carbons (Fsp3) is 0.0769. The molecule has 4 heteroatoms. The van der Waals surface area contributed by atoms with Crippen LogP contribution in [-0.2, 0) is 6.18 Å². The van der Waals surface area contributed by atoms with Gasteiger partial charge in [0.2, 0.25) is 0 Å². The van der Waals surface area contributed by atoms with Crippen LogP contribution in [0.15, 0.2) is 91.0 Å². The lowest BCUT2D eigenvalue weighted by Gasteiger charge is -2.09. The van der Waals surface area contributed by atoms with Gasteiger partial charge in [0.05, 0.1) is 5.56 Å². The van der Waals surface area contributed by atoms with Crippen LogP contribution in [0.4, 0.5) is 13.2 Å². The van der Waals surface area contributed by atoms with E-state index in [0.29, 0.717) is 0 Å². The summed E-state index contributed by atoms with van der Waals surface area (Å²) in [5.74, 6) is 0. The number of rotatable bonds is 3. The SMILES string of the molecule is Cc1cc(I)cc(-c2ccc(-c3ccc(-c4ccc(C(F)(F)F)cc4)cc3)cc2)c1. The van der Waals surface area contributed by atoms with Gasteiger partial charge in [0, 0.05) is 3.57 Å². The summed E-state index contributed by atoms with van der Waals surface area (Å²) in [6.45, 7) is 2.10. The lowest BCUT2D eigenvalue weighted by atomic mass is 9.97. The molecule has 0 atom stereocenters. The maximum atomic E-state index is 12.7. The first-order chi connectivity index (χ1) is 14.3. The van der Waals surface area contributed by atoms with Crippen LogP contribution in [0.5, 0.6) is 0 Å². The highest BCUT2D eigenvalue weighted by Crippen LogP contribution is 2.32. The van der Waals surface area contributed by atoms with E-state index in [1.807, 2.05) is 24.3 Å². The predicted octanol–water partition coefficient (Wildman–Crippen LogP) is 8.62. The van der Waals surface area contributed by atoms with Crippen LogP contribution >= 0.6 is 22.6 Å². The number of alkyl halides is 3. The Balaban J connectivity index is 1.55. The number of hydrogen-bond donors (Lipinski definition) is 0. The zero-order valence-corrected chi connectivity index (χ0v) is 18.3. The molecule has 0 N–H and O–H groups in total. The lowest BCUT2D eigenvalue weighted by Crippen LogP contribution is -2.03. The molecule has 0 aliphatic heterocycles. The van der Waals surface area contributed by atoms with Crippen molar-refractivity contribution in [3.05, 3.63) is 106 Å². The van der Waals surface area contributed by atoms with Gasteiger partial charge in [-0.3, -0.25) is 0 Å². The Hall–Kier alpha value is -2.60. The molecule has 0 saturated carbocycles. The van der Waals surface area contributed by atoms with Gasteiger partial charge in [-0.2, -0.15) is 13.2 Å². The van der Waals surface area contributed by atoms with E-state index in [2.05, 4.69) is 72.0 Å². The van der Waals surface area contributed by atoms with E-state index in [4.69, 9.17) is 0 Å². The number of hydrogen-bond acceptors (Lipinski definition) is 0. The molecule has 0 amide bonds. The largest absolute Gasteiger partial charge is 0.416 e. The summed E-state index contributed by atoms with van der Waals surface area (Å²) in [4.78, 5) is 0. The van der Waals surface area contributed by atoms with Crippen LogP contribution in [-0.4, -0.2) is 0 Å². The molecule has 30 heavy (non-hydrogen) atoms. The highest BCUT2D eigenvalue weighted by molar-refractivity contribution is 14.1. The maximum Gasteiger partial charge on any atom is 0.416 e. The summed E-state index contributed by atoms with van der Waals surface area (Å²) in [7, 11) is 0. The van der Waals surface area contributed by atoms with Crippen molar-refractivity contribution in [2.24, 2.45) is 0 Å². The number of halogens is 4. The first-order valence-corrected chi connectivity index (χ1v) is 10.5. The molecule has 0 aliphatic carbocycles. The molecule has 0 fully saturated rings. The van der Waals surface area contributed by atoms with E-state index in [9.17, 15) is 13.2 Å². The molecule has 0 aromatic heterocycles. The molecule has 4 rings (SSSR count). The Morgan fingerprint density at radius 3 is 1.27 bits per heavy atom. The van der Waals surface area contributed by atoms with Gasteiger partial charge in [-0.15, -0.1) is 0 Å². The molecule has 150 valence electrons. The average molecular weight is 514 g/mol. The summed E-state index contributed by atoms with van der Waals surface area (Å²) in [6, 6.07) is 28.0. The Bertz CT molecular complexity index is 1140. The molecule has 0 spiro atoms.